The van der Waals surface area contributed by atoms with E-state index in [0.717, 1.165) is 17.2 Å². The largest absolute Gasteiger partial charge is 0.402 e. The van der Waals surface area contributed by atoms with Crippen molar-refractivity contribution in [2.24, 2.45) is 11.5 Å². The van der Waals surface area contributed by atoms with E-state index in [4.69, 9.17) is 23.1 Å². The number of allylic oxidation sites excluding steroid dienone is 1. The molecule has 0 aliphatic rings. The number of amides is 1. The average molecular weight is 267 g/mol. The van der Waals surface area contributed by atoms with Crippen molar-refractivity contribution in [3.8, 4) is 0 Å². The summed E-state index contributed by atoms with van der Waals surface area (Å²) in [5.74, 6) is -1.78. The number of nitrogens with two attached hydrogens (primary N) is 2. The van der Waals surface area contributed by atoms with Crippen molar-refractivity contribution < 1.29 is 9.59 Å². The molecule has 96 valence electrons. The summed E-state index contributed by atoms with van der Waals surface area (Å²) in [6.07, 6.45) is 2.20. The predicted molar refractivity (Wildman–Crippen MR) is 71.0 cm³/mol. The van der Waals surface area contributed by atoms with Crippen LogP contribution < -0.4 is 11.5 Å². The molecule has 5 heteroatoms. The highest BCUT2D eigenvalue weighted by Crippen LogP contribution is 2.17. The van der Waals surface area contributed by atoms with Crippen molar-refractivity contribution in [3.63, 3.8) is 0 Å². The summed E-state index contributed by atoms with van der Waals surface area (Å²) in [7, 11) is 0. The van der Waals surface area contributed by atoms with Crippen LogP contribution in [0.3, 0.4) is 0 Å². The molecule has 1 amide bonds. The molecule has 0 unspecified atom stereocenters. The van der Waals surface area contributed by atoms with Gasteiger partial charge in [-0.25, -0.2) is 0 Å². The van der Waals surface area contributed by atoms with E-state index in [-0.39, 0.29) is 0 Å². The zero-order valence-corrected chi connectivity index (χ0v) is 10.8. The molecule has 1 rings (SSSR count). The lowest BCUT2D eigenvalue weighted by molar-refractivity contribution is -0.133. The van der Waals surface area contributed by atoms with Crippen LogP contribution in [-0.4, -0.2) is 11.7 Å². The van der Waals surface area contributed by atoms with E-state index in [2.05, 4.69) is 0 Å². The Hall–Kier alpha value is -1.81. The summed E-state index contributed by atoms with van der Waals surface area (Å²) in [5.41, 5.74) is 13.0. The highest BCUT2D eigenvalue weighted by atomic mass is 35.5. The van der Waals surface area contributed by atoms with Crippen molar-refractivity contribution in [1.82, 2.24) is 0 Å². The zero-order chi connectivity index (χ0) is 13.7. The Morgan fingerprint density at radius 1 is 1.33 bits per heavy atom. The fourth-order valence-electron chi connectivity index (χ4n) is 1.50. The van der Waals surface area contributed by atoms with Crippen molar-refractivity contribution >= 4 is 23.3 Å². The number of carbonyl (C=O) groups excluding carboxylic acids is 2. The summed E-state index contributed by atoms with van der Waals surface area (Å²) in [6.45, 7) is 1.97. The molecule has 0 fully saturated rings. The number of halogens is 1. The molecule has 0 aromatic heterocycles. The van der Waals surface area contributed by atoms with Crippen LogP contribution in [0.25, 0.3) is 0 Å². The highest BCUT2D eigenvalue weighted by molar-refractivity contribution is 6.40. The molecule has 0 radical (unpaired) electrons. The molecular weight excluding hydrogens is 252 g/mol. The Bertz CT molecular complexity index is 510. The van der Waals surface area contributed by atoms with Crippen LogP contribution >= 0.6 is 11.6 Å². The van der Waals surface area contributed by atoms with Crippen LogP contribution in [0.4, 0.5) is 0 Å². The minimum atomic E-state index is -1.00. The number of benzene rings is 1. The van der Waals surface area contributed by atoms with Gasteiger partial charge >= 0.3 is 0 Å². The molecule has 0 heterocycles. The summed E-state index contributed by atoms with van der Waals surface area (Å²) in [6, 6.07) is 5.60. The summed E-state index contributed by atoms with van der Waals surface area (Å²) < 4.78 is 0. The molecular formula is C13H15ClN2O2. The molecule has 0 aliphatic carbocycles. The molecule has 4 nitrogen and oxygen atoms in total. The van der Waals surface area contributed by atoms with Gasteiger partial charge in [0.15, 0.2) is 0 Å². The van der Waals surface area contributed by atoms with Gasteiger partial charge < -0.3 is 11.5 Å². The van der Waals surface area contributed by atoms with Crippen LogP contribution in [0.15, 0.2) is 30.0 Å². The van der Waals surface area contributed by atoms with Gasteiger partial charge in [0, 0.05) is 16.8 Å². The SMILES string of the molecule is Cc1ccc(Cl)cc1CC/C(N)=C/C(=O)C(N)=O. The maximum atomic E-state index is 11.0. The number of aryl methyl sites for hydroxylation is 2. The van der Waals surface area contributed by atoms with Crippen LogP contribution in [0.5, 0.6) is 0 Å². The Morgan fingerprint density at radius 3 is 2.61 bits per heavy atom. The molecule has 1 aromatic carbocycles. The maximum Gasteiger partial charge on any atom is 0.289 e. The summed E-state index contributed by atoms with van der Waals surface area (Å²) in [5, 5.41) is 0.659. The lowest BCUT2D eigenvalue weighted by atomic mass is 10.0. The Morgan fingerprint density at radius 2 is 2.00 bits per heavy atom. The van der Waals surface area contributed by atoms with E-state index in [1.807, 2.05) is 25.1 Å². The van der Waals surface area contributed by atoms with Gasteiger partial charge in [0.1, 0.15) is 0 Å². The quantitative estimate of drug-likeness (QED) is 0.625. The number of ketones is 1. The standard InChI is InChI=1S/C13H15ClN2O2/c1-8-2-4-10(14)6-9(8)3-5-11(15)7-12(17)13(16)18/h2,4,6-7H,3,5,15H2,1H3,(H2,16,18)/b11-7-. The second kappa shape index (κ2) is 6.21. The zero-order valence-electron chi connectivity index (χ0n) is 10.1. The number of rotatable bonds is 5. The molecule has 0 saturated heterocycles. The van der Waals surface area contributed by atoms with Crippen molar-refractivity contribution in [2.75, 3.05) is 0 Å². The fraction of sp³-hybridized carbons (Fsp3) is 0.231. The third kappa shape index (κ3) is 4.22. The van der Waals surface area contributed by atoms with Gasteiger partial charge in [0.05, 0.1) is 0 Å². The molecule has 1 aromatic rings. The van der Waals surface area contributed by atoms with Gasteiger partial charge in [-0.1, -0.05) is 17.7 Å². The number of carbonyl (C=O) groups is 2. The monoisotopic (exact) mass is 266 g/mol. The first-order chi connectivity index (χ1) is 8.40. The van der Waals surface area contributed by atoms with Crippen LogP contribution in [0, 0.1) is 6.92 Å². The normalized spacial score (nSPS) is 11.3. The third-order valence-corrected chi connectivity index (χ3v) is 2.79. The van der Waals surface area contributed by atoms with E-state index < -0.39 is 11.7 Å². The molecule has 0 saturated carbocycles. The van der Waals surface area contributed by atoms with E-state index in [1.54, 1.807) is 0 Å². The van der Waals surface area contributed by atoms with Gasteiger partial charge in [-0.05, 0) is 43.0 Å². The topological polar surface area (TPSA) is 86.2 Å². The molecule has 0 spiro atoms. The Balaban J connectivity index is 2.68. The first-order valence-electron chi connectivity index (χ1n) is 5.45. The lowest BCUT2D eigenvalue weighted by Crippen LogP contribution is -2.22. The van der Waals surface area contributed by atoms with E-state index in [9.17, 15) is 9.59 Å². The van der Waals surface area contributed by atoms with Crippen LogP contribution in [0.1, 0.15) is 17.5 Å². The van der Waals surface area contributed by atoms with Crippen LogP contribution in [-0.2, 0) is 16.0 Å². The van der Waals surface area contributed by atoms with Gasteiger partial charge in [-0.2, -0.15) is 0 Å². The Kier molecular flexibility index (Phi) is 4.92. The van der Waals surface area contributed by atoms with E-state index in [0.29, 0.717) is 23.6 Å². The first kappa shape index (κ1) is 14.3. The van der Waals surface area contributed by atoms with E-state index >= 15 is 0 Å². The number of hydrogen-bond acceptors (Lipinski definition) is 3. The van der Waals surface area contributed by atoms with Crippen molar-refractivity contribution in [1.29, 1.82) is 0 Å². The third-order valence-electron chi connectivity index (χ3n) is 2.55. The van der Waals surface area contributed by atoms with Crippen molar-refractivity contribution in [2.45, 2.75) is 19.8 Å². The highest BCUT2D eigenvalue weighted by Gasteiger charge is 2.06. The fourth-order valence-corrected chi connectivity index (χ4v) is 1.69. The molecule has 0 aliphatic heterocycles. The van der Waals surface area contributed by atoms with E-state index in [1.165, 1.54) is 0 Å². The predicted octanol–water partition coefficient (Wildman–Crippen LogP) is 1.48. The van der Waals surface area contributed by atoms with Gasteiger partial charge in [0.2, 0.25) is 5.78 Å². The smallest absolute Gasteiger partial charge is 0.289 e. The van der Waals surface area contributed by atoms with Gasteiger partial charge in [-0.15, -0.1) is 0 Å². The maximum absolute atomic E-state index is 11.0. The first-order valence-corrected chi connectivity index (χ1v) is 5.83. The summed E-state index contributed by atoms with van der Waals surface area (Å²) >= 11 is 5.90. The van der Waals surface area contributed by atoms with Gasteiger partial charge in [0.25, 0.3) is 5.91 Å². The number of primary amides is 1. The molecule has 0 bridgehead atoms. The van der Waals surface area contributed by atoms with Gasteiger partial charge in [-0.3, -0.25) is 9.59 Å². The van der Waals surface area contributed by atoms with Crippen LogP contribution in [0.2, 0.25) is 5.02 Å². The average Bonchev–Trinajstić information content (AvgIpc) is 2.30. The molecule has 4 N–H and O–H groups in total. The summed E-state index contributed by atoms with van der Waals surface area (Å²) in [4.78, 5) is 21.6. The minimum Gasteiger partial charge on any atom is -0.402 e. The lowest BCUT2D eigenvalue weighted by Gasteiger charge is -2.06. The molecule has 18 heavy (non-hydrogen) atoms. The Labute approximate surface area is 111 Å². The van der Waals surface area contributed by atoms with Crippen molar-refractivity contribution in [3.05, 3.63) is 46.1 Å². The molecule has 0 atom stereocenters. The second-order valence-electron chi connectivity index (χ2n) is 4.02. The number of hydrogen-bond donors (Lipinski definition) is 2. The second-order valence-corrected chi connectivity index (χ2v) is 4.45. The minimum absolute atomic E-state index is 0.332.